The van der Waals surface area contributed by atoms with Crippen molar-refractivity contribution in [3.8, 4) is 5.75 Å². The molecule has 1 saturated carbocycles. The van der Waals surface area contributed by atoms with Crippen molar-refractivity contribution >= 4 is 0 Å². The quantitative estimate of drug-likeness (QED) is 0.533. The van der Waals surface area contributed by atoms with E-state index in [4.69, 9.17) is 5.11 Å². The first-order valence-corrected chi connectivity index (χ1v) is 9.27. The number of hydrogen-bond acceptors (Lipinski definition) is 1. The van der Waals surface area contributed by atoms with E-state index in [2.05, 4.69) is 38.1 Å². The number of rotatable bonds is 1. The number of halogens is 3. The number of phenolic OH excluding ortho intramolecular Hbond substituents is 1. The number of benzene rings is 2. The zero-order valence-corrected chi connectivity index (χ0v) is 16.0. The maximum absolute atomic E-state index is 12.1. The van der Waals surface area contributed by atoms with Gasteiger partial charge in [0.2, 0.25) is 0 Å². The van der Waals surface area contributed by atoms with Crippen LogP contribution in [0.3, 0.4) is 0 Å². The molecule has 0 atom stereocenters. The van der Waals surface area contributed by atoms with Gasteiger partial charge in [-0.3, -0.25) is 0 Å². The Morgan fingerprint density at radius 2 is 1.31 bits per heavy atom. The summed E-state index contributed by atoms with van der Waals surface area (Å²) in [6.07, 6.45) is 5.62. The fourth-order valence-electron chi connectivity index (χ4n) is 2.97. The number of hydrogen-bond donors (Lipinski definition) is 1. The van der Waals surface area contributed by atoms with Gasteiger partial charge >= 0.3 is 0 Å². The maximum Gasteiger partial charge on any atom is 0.194 e. The van der Waals surface area contributed by atoms with Crippen molar-refractivity contribution in [2.45, 2.75) is 59.3 Å². The third-order valence-corrected chi connectivity index (χ3v) is 4.53. The van der Waals surface area contributed by atoms with Crippen LogP contribution in [0.15, 0.2) is 36.4 Å². The summed E-state index contributed by atoms with van der Waals surface area (Å²) in [4.78, 5) is 0. The van der Waals surface area contributed by atoms with Gasteiger partial charge in [0, 0.05) is 12.1 Å². The first-order chi connectivity index (χ1) is 12.4. The fourth-order valence-corrected chi connectivity index (χ4v) is 2.97. The van der Waals surface area contributed by atoms with Gasteiger partial charge in [-0.1, -0.05) is 63.4 Å². The molecule has 1 aliphatic rings. The minimum absolute atomic E-state index is 0.498. The molecule has 0 spiro atoms. The van der Waals surface area contributed by atoms with Crippen LogP contribution in [-0.4, -0.2) is 5.11 Å². The van der Waals surface area contributed by atoms with Gasteiger partial charge in [-0.05, 0) is 37.2 Å². The molecule has 1 nitrogen and oxygen atoms in total. The van der Waals surface area contributed by atoms with Crippen LogP contribution in [0.2, 0.25) is 0 Å². The molecule has 1 fully saturated rings. The Kier molecular flexibility index (Phi) is 9.25. The van der Waals surface area contributed by atoms with Gasteiger partial charge in [-0.2, -0.15) is 0 Å². The van der Waals surface area contributed by atoms with E-state index in [-0.39, 0.29) is 0 Å². The molecule has 0 bridgehead atoms. The summed E-state index contributed by atoms with van der Waals surface area (Å²) in [5.41, 5.74) is 2.93. The highest BCUT2D eigenvalue weighted by molar-refractivity contribution is 5.25. The molecule has 4 heteroatoms. The molecule has 1 aliphatic carbocycles. The van der Waals surface area contributed by atoms with Crippen LogP contribution in [0.1, 0.15) is 63.5 Å². The lowest BCUT2D eigenvalue weighted by Gasteiger charge is -2.26. The summed E-state index contributed by atoms with van der Waals surface area (Å²) in [6, 6.07) is 10.1. The predicted octanol–water partition coefficient (Wildman–Crippen LogP) is 7.12. The second-order valence-electron chi connectivity index (χ2n) is 6.59. The zero-order chi connectivity index (χ0) is 19.7. The Labute approximate surface area is 154 Å². The van der Waals surface area contributed by atoms with Crippen LogP contribution in [-0.2, 0) is 0 Å². The van der Waals surface area contributed by atoms with Crippen LogP contribution in [0, 0.1) is 30.3 Å². The molecule has 0 radical (unpaired) electrons. The highest BCUT2D eigenvalue weighted by atomic mass is 19.2. The molecule has 0 heterocycles. The molecule has 0 aliphatic heterocycles. The Bertz CT molecular complexity index is 637. The van der Waals surface area contributed by atoms with Gasteiger partial charge in [0.05, 0.1) is 0 Å². The molecule has 26 heavy (non-hydrogen) atoms. The summed E-state index contributed by atoms with van der Waals surface area (Å²) in [5.74, 6) is -3.19. The molecule has 0 amide bonds. The van der Waals surface area contributed by atoms with E-state index >= 15 is 0 Å². The predicted molar refractivity (Wildman–Crippen MR) is 101 cm³/mol. The van der Waals surface area contributed by atoms with Gasteiger partial charge in [-0.15, -0.1) is 0 Å². The van der Waals surface area contributed by atoms with E-state index in [9.17, 15) is 13.2 Å². The number of phenols is 1. The molecular weight excluding hydrogens is 337 g/mol. The molecule has 144 valence electrons. The van der Waals surface area contributed by atoms with E-state index in [1.54, 1.807) is 5.56 Å². The van der Waals surface area contributed by atoms with E-state index in [1.165, 1.54) is 31.2 Å². The summed E-state index contributed by atoms with van der Waals surface area (Å²) in [6.45, 7) is 8.54. The van der Waals surface area contributed by atoms with Gasteiger partial charge in [0.1, 0.15) is 5.75 Å². The molecule has 2 aromatic carbocycles. The van der Waals surface area contributed by atoms with Crippen LogP contribution < -0.4 is 0 Å². The minimum atomic E-state index is -1.57. The Hall–Kier alpha value is -1.97. The first-order valence-electron chi connectivity index (χ1n) is 9.27. The lowest BCUT2D eigenvalue weighted by atomic mass is 9.79. The van der Waals surface area contributed by atoms with E-state index in [0.29, 0.717) is 12.1 Å². The van der Waals surface area contributed by atoms with Crippen molar-refractivity contribution in [1.29, 1.82) is 0 Å². The van der Waals surface area contributed by atoms with Crippen molar-refractivity contribution in [1.82, 2.24) is 0 Å². The van der Waals surface area contributed by atoms with Gasteiger partial charge in [0.25, 0.3) is 0 Å². The average Bonchev–Trinajstić information content (AvgIpc) is 2.63. The topological polar surface area (TPSA) is 20.2 Å². The smallest absolute Gasteiger partial charge is 0.194 e. The minimum Gasteiger partial charge on any atom is -0.508 e. The summed E-state index contributed by atoms with van der Waals surface area (Å²) >= 11 is 0. The van der Waals surface area contributed by atoms with Crippen LogP contribution in [0.5, 0.6) is 5.75 Å². The molecule has 0 saturated heterocycles. The van der Waals surface area contributed by atoms with Gasteiger partial charge in [-0.25, -0.2) is 13.2 Å². The van der Waals surface area contributed by atoms with Crippen LogP contribution in [0.25, 0.3) is 0 Å². The standard InChI is InChI=1S/C14H20.C6H3F3O.C2H6/c1-11-3-7-13(8-4-11)14-9-5-12(2)6-10-14;7-4-1-3(10)2-5(8)6(4)9;1-2/h3-4,7-8,12,14H,5-6,9-10H2,1-2H3;1-2,10H;1-2H3. The van der Waals surface area contributed by atoms with Gasteiger partial charge < -0.3 is 5.11 Å². The zero-order valence-electron chi connectivity index (χ0n) is 16.0. The second-order valence-corrected chi connectivity index (χ2v) is 6.59. The third kappa shape index (κ3) is 6.74. The molecule has 3 rings (SSSR count). The SMILES string of the molecule is CC.Cc1ccc(C2CCC(C)CC2)cc1.Oc1cc(F)c(F)c(F)c1. The van der Waals surface area contributed by atoms with E-state index in [0.717, 1.165) is 11.8 Å². The molecule has 1 N–H and O–H groups in total. The lowest BCUT2D eigenvalue weighted by Crippen LogP contribution is -2.10. The van der Waals surface area contributed by atoms with Crippen LogP contribution in [0.4, 0.5) is 13.2 Å². The summed E-state index contributed by atoms with van der Waals surface area (Å²) in [7, 11) is 0. The largest absolute Gasteiger partial charge is 0.508 e. The van der Waals surface area contributed by atoms with Crippen LogP contribution >= 0.6 is 0 Å². The summed E-state index contributed by atoms with van der Waals surface area (Å²) < 4.78 is 36.2. The lowest BCUT2D eigenvalue weighted by molar-refractivity contribution is 0.348. The van der Waals surface area contributed by atoms with E-state index in [1.807, 2.05) is 13.8 Å². The molecule has 2 aromatic rings. The fraction of sp³-hybridized carbons (Fsp3) is 0.455. The normalized spacial score (nSPS) is 18.9. The number of aryl methyl sites for hydroxylation is 1. The van der Waals surface area contributed by atoms with E-state index < -0.39 is 23.2 Å². The average molecular weight is 366 g/mol. The van der Waals surface area contributed by atoms with Crippen molar-refractivity contribution in [3.05, 3.63) is 65.0 Å². The maximum atomic E-state index is 12.1. The second kappa shape index (κ2) is 10.9. The molecular formula is C22H29F3O. The first kappa shape index (κ1) is 22.1. The van der Waals surface area contributed by atoms with Crippen molar-refractivity contribution in [2.75, 3.05) is 0 Å². The highest BCUT2D eigenvalue weighted by Gasteiger charge is 2.19. The van der Waals surface area contributed by atoms with Gasteiger partial charge in [0.15, 0.2) is 17.5 Å². The summed E-state index contributed by atoms with van der Waals surface area (Å²) in [5, 5.41) is 8.47. The highest BCUT2D eigenvalue weighted by Crippen LogP contribution is 2.35. The molecule has 0 unspecified atom stereocenters. The Morgan fingerprint density at radius 3 is 1.77 bits per heavy atom. The van der Waals surface area contributed by atoms with Crippen molar-refractivity contribution in [3.63, 3.8) is 0 Å². The number of aromatic hydroxyl groups is 1. The molecule has 0 aromatic heterocycles. The Morgan fingerprint density at radius 1 is 0.846 bits per heavy atom. The monoisotopic (exact) mass is 366 g/mol. The third-order valence-electron chi connectivity index (χ3n) is 4.53. The van der Waals surface area contributed by atoms with Crippen molar-refractivity contribution in [2.24, 2.45) is 5.92 Å². The van der Waals surface area contributed by atoms with Crippen molar-refractivity contribution < 1.29 is 18.3 Å². The Balaban J connectivity index is 0.000000249.